The number of unbranched alkanes of at least 4 members (excludes halogenated alkanes) is 1. The van der Waals surface area contributed by atoms with E-state index >= 15 is 0 Å². The van der Waals surface area contributed by atoms with Crippen LogP contribution in [0.3, 0.4) is 0 Å². The summed E-state index contributed by atoms with van der Waals surface area (Å²) >= 11 is 0. The van der Waals surface area contributed by atoms with E-state index in [1.807, 2.05) is 12.1 Å². The summed E-state index contributed by atoms with van der Waals surface area (Å²) in [5.41, 5.74) is 6.35. The van der Waals surface area contributed by atoms with Gasteiger partial charge in [0.1, 0.15) is 0 Å². The van der Waals surface area contributed by atoms with Crippen molar-refractivity contribution in [1.82, 2.24) is 4.90 Å². The lowest BCUT2D eigenvalue weighted by molar-refractivity contribution is 0.253. The molecule has 2 N–H and O–H groups in total. The standard InChI is InChI=1S/C15H25N3O2S/c1-21(19,20)15-7-3-2-6-14(15)18-12-10-17(11-13-18)9-5-4-8-16/h2-3,6-7H,4-5,8-13,16H2,1H3. The number of hydrogen-bond donors (Lipinski definition) is 1. The second-order valence-corrected chi connectivity index (χ2v) is 7.55. The molecule has 5 nitrogen and oxygen atoms in total. The summed E-state index contributed by atoms with van der Waals surface area (Å²) in [6.07, 6.45) is 3.47. The molecule has 0 radical (unpaired) electrons. The van der Waals surface area contributed by atoms with Gasteiger partial charge >= 0.3 is 0 Å². The van der Waals surface area contributed by atoms with E-state index in [0.29, 0.717) is 4.90 Å². The number of piperazine rings is 1. The molecule has 1 aliphatic heterocycles. The van der Waals surface area contributed by atoms with E-state index in [2.05, 4.69) is 9.80 Å². The monoisotopic (exact) mass is 311 g/mol. The zero-order valence-electron chi connectivity index (χ0n) is 12.7. The van der Waals surface area contributed by atoms with Crippen LogP contribution in [0.1, 0.15) is 12.8 Å². The highest BCUT2D eigenvalue weighted by atomic mass is 32.2. The van der Waals surface area contributed by atoms with Crippen molar-refractivity contribution in [2.45, 2.75) is 17.7 Å². The highest BCUT2D eigenvalue weighted by Gasteiger charge is 2.21. The maximum absolute atomic E-state index is 11.9. The molecule has 6 heteroatoms. The van der Waals surface area contributed by atoms with Crippen LogP contribution < -0.4 is 10.6 Å². The molecule has 1 aliphatic rings. The van der Waals surface area contributed by atoms with Gasteiger partial charge in [-0.25, -0.2) is 8.42 Å². The smallest absolute Gasteiger partial charge is 0.177 e. The normalized spacial score (nSPS) is 17.1. The topological polar surface area (TPSA) is 66.6 Å². The SMILES string of the molecule is CS(=O)(=O)c1ccccc1N1CCN(CCCCN)CC1. The van der Waals surface area contributed by atoms with E-state index in [0.717, 1.165) is 57.8 Å². The largest absolute Gasteiger partial charge is 0.368 e. The van der Waals surface area contributed by atoms with E-state index in [9.17, 15) is 8.42 Å². The van der Waals surface area contributed by atoms with Crippen molar-refractivity contribution in [2.24, 2.45) is 5.73 Å². The Morgan fingerprint density at radius 1 is 1.10 bits per heavy atom. The number of sulfone groups is 1. The van der Waals surface area contributed by atoms with E-state index in [1.54, 1.807) is 12.1 Å². The first kappa shape index (κ1) is 16.3. The van der Waals surface area contributed by atoms with Crippen LogP contribution in [-0.2, 0) is 9.84 Å². The third kappa shape index (κ3) is 4.43. The highest BCUT2D eigenvalue weighted by molar-refractivity contribution is 7.90. The van der Waals surface area contributed by atoms with Gasteiger partial charge in [-0.3, -0.25) is 4.90 Å². The minimum atomic E-state index is -3.18. The fourth-order valence-electron chi connectivity index (χ4n) is 2.72. The number of benzene rings is 1. The first-order valence-corrected chi connectivity index (χ1v) is 9.38. The van der Waals surface area contributed by atoms with Gasteiger partial charge in [-0.05, 0) is 38.1 Å². The zero-order chi connectivity index (χ0) is 15.3. The van der Waals surface area contributed by atoms with Gasteiger partial charge in [-0.2, -0.15) is 0 Å². The number of hydrogen-bond acceptors (Lipinski definition) is 5. The minimum Gasteiger partial charge on any atom is -0.368 e. The molecule has 1 aromatic rings. The van der Waals surface area contributed by atoms with Gasteiger partial charge in [-0.1, -0.05) is 12.1 Å². The Morgan fingerprint density at radius 2 is 1.76 bits per heavy atom. The molecule has 0 spiro atoms. The molecule has 0 unspecified atom stereocenters. The number of para-hydroxylation sites is 1. The average Bonchev–Trinajstić information content (AvgIpc) is 2.47. The lowest BCUT2D eigenvalue weighted by atomic mass is 10.2. The van der Waals surface area contributed by atoms with Gasteiger partial charge in [0.2, 0.25) is 0 Å². The molecule has 0 atom stereocenters. The Labute approximate surface area is 127 Å². The van der Waals surface area contributed by atoms with Crippen LogP contribution in [0.5, 0.6) is 0 Å². The molecule has 1 aromatic carbocycles. The third-order valence-corrected chi connectivity index (χ3v) is 5.05. The van der Waals surface area contributed by atoms with Crippen molar-refractivity contribution in [1.29, 1.82) is 0 Å². The fraction of sp³-hybridized carbons (Fsp3) is 0.600. The van der Waals surface area contributed by atoms with Gasteiger partial charge in [0.05, 0.1) is 10.6 Å². The lowest BCUT2D eigenvalue weighted by Gasteiger charge is -2.36. The molecule has 0 aliphatic carbocycles. The predicted molar refractivity (Wildman–Crippen MR) is 86.5 cm³/mol. The van der Waals surface area contributed by atoms with Crippen LogP contribution in [-0.4, -0.2) is 58.8 Å². The summed E-state index contributed by atoms with van der Waals surface area (Å²) < 4.78 is 23.8. The Balaban J connectivity index is 2.00. The van der Waals surface area contributed by atoms with E-state index in [4.69, 9.17) is 5.73 Å². The first-order chi connectivity index (χ1) is 10.0. The van der Waals surface area contributed by atoms with Crippen molar-refractivity contribution in [2.75, 3.05) is 50.4 Å². The van der Waals surface area contributed by atoms with Gasteiger partial charge in [-0.15, -0.1) is 0 Å². The van der Waals surface area contributed by atoms with E-state index in [-0.39, 0.29) is 0 Å². The van der Waals surface area contributed by atoms with Crippen molar-refractivity contribution < 1.29 is 8.42 Å². The summed E-state index contributed by atoms with van der Waals surface area (Å²) in [5.74, 6) is 0. The summed E-state index contributed by atoms with van der Waals surface area (Å²) in [7, 11) is -3.18. The molecule has 1 heterocycles. The summed E-state index contributed by atoms with van der Waals surface area (Å²) in [6.45, 7) is 5.52. The van der Waals surface area contributed by atoms with Crippen LogP contribution in [0.15, 0.2) is 29.2 Å². The molecule has 2 rings (SSSR count). The molecule has 0 aromatic heterocycles. The molecular formula is C15H25N3O2S. The molecular weight excluding hydrogens is 286 g/mol. The van der Waals surface area contributed by atoms with Crippen molar-refractivity contribution in [3.05, 3.63) is 24.3 Å². The number of anilines is 1. The Kier molecular flexibility index (Phi) is 5.61. The minimum absolute atomic E-state index is 0.432. The number of nitrogens with zero attached hydrogens (tertiary/aromatic N) is 2. The quantitative estimate of drug-likeness (QED) is 0.792. The van der Waals surface area contributed by atoms with Crippen LogP contribution in [0, 0.1) is 0 Å². The first-order valence-electron chi connectivity index (χ1n) is 7.49. The van der Waals surface area contributed by atoms with Crippen LogP contribution in [0.4, 0.5) is 5.69 Å². The summed E-state index contributed by atoms with van der Waals surface area (Å²) in [4.78, 5) is 5.03. The van der Waals surface area contributed by atoms with E-state index in [1.165, 1.54) is 6.26 Å². The third-order valence-electron chi connectivity index (χ3n) is 3.91. The molecule has 0 amide bonds. The highest BCUT2D eigenvalue weighted by Crippen LogP contribution is 2.25. The molecule has 1 fully saturated rings. The van der Waals surface area contributed by atoms with Gasteiger partial charge in [0.15, 0.2) is 9.84 Å². The molecule has 118 valence electrons. The lowest BCUT2D eigenvalue weighted by Crippen LogP contribution is -2.47. The Hall–Kier alpha value is -1.11. The van der Waals surface area contributed by atoms with Gasteiger partial charge in [0.25, 0.3) is 0 Å². The Bertz CT molecular complexity index is 552. The molecule has 21 heavy (non-hydrogen) atoms. The molecule has 1 saturated heterocycles. The second-order valence-electron chi connectivity index (χ2n) is 5.56. The average molecular weight is 311 g/mol. The number of rotatable bonds is 6. The fourth-order valence-corrected chi connectivity index (χ4v) is 3.63. The van der Waals surface area contributed by atoms with Crippen LogP contribution >= 0.6 is 0 Å². The summed E-state index contributed by atoms with van der Waals surface area (Å²) in [6, 6.07) is 7.28. The number of nitrogens with two attached hydrogens (primary N) is 1. The zero-order valence-corrected chi connectivity index (χ0v) is 13.5. The Morgan fingerprint density at radius 3 is 2.38 bits per heavy atom. The summed E-state index contributed by atoms with van der Waals surface area (Å²) in [5, 5.41) is 0. The van der Waals surface area contributed by atoms with Crippen molar-refractivity contribution in [3.8, 4) is 0 Å². The maximum atomic E-state index is 11.9. The predicted octanol–water partition coefficient (Wildman–Crippen LogP) is 0.951. The van der Waals surface area contributed by atoms with Crippen LogP contribution in [0.2, 0.25) is 0 Å². The van der Waals surface area contributed by atoms with Crippen molar-refractivity contribution in [3.63, 3.8) is 0 Å². The van der Waals surface area contributed by atoms with Crippen molar-refractivity contribution >= 4 is 15.5 Å². The molecule has 0 bridgehead atoms. The van der Waals surface area contributed by atoms with Crippen LogP contribution in [0.25, 0.3) is 0 Å². The molecule has 0 saturated carbocycles. The van der Waals surface area contributed by atoms with Gasteiger partial charge in [0, 0.05) is 32.4 Å². The van der Waals surface area contributed by atoms with Gasteiger partial charge < -0.3 is 10.6 Å². The van der Waals surface area contributed by atoms with E-state index < -0.39 is 9.84 Å². The second kappa shape index (κ2) is 7.24. The maximum Gasteiger partial charge on any atom is 0.177 e.